The molecule has 1 aliphatic heterocycles. The van der Waals surface area contributed by atoms with Gasteiger partial charge in [-0.1, -0.05) is 30.3 Å². The lowest BCUT2D eigenvalue weighted by Crippen LogP contribution is -2.28. The Morgan fingerprint density at radius 1 is 1.14 bits per heavy atom. The Labute approximate surface area is 161 Å². The van der Waals surface area contributed by atoms with Crippen LogP contribution in [0.15, 0.2) is 42.5 Å². The standard InChI is InChI=1S/C21H21F3N2O2/c1-13-5-3-6-14(2)19(13)25-20(28)16-10-18(27)26(12-16)11-15-7-4-8-17(9-15)21(22,23)24/h3-9,16H,10-12H2,1-2H3,(H,25,28). The quantitative estimate of drug-likeness (QED) is 0.846. The molecule has 1 heterocycles. The predicted octanol–water partition coefficient (Wildman–Crippen LogP) is 4.31. The number of nitrogens with zero attached hydrogens (tertiary/aromatic N) is 1. The van der Waals surface area contributed by atoms with Crippen LogP contribution in [0.5, 0.6) is 0 Å². The molecule has 0 spiro atoms. The van der Waals surface area contributed by atoms with Gasteiger partial charge in [0, 0.05) is 25.2 Å². The van der Waals surface area contributed by atoms with Gasteiger partial charge in [-0.05, 0) is 42.7 Å². The topological polar surface area (TPSA) is 49.4 Å². The first kappa shape index (κ1) is 19.9. The average molecular weight is 390 g/mol. The van der Waals surface area contributed by atoms with E-state index in [1.165, 1.54) is 11.0 Å². The van der Waals surface area contributed by atoms with Crippen LogP contribution in [-0.2, 0) is 22.3 Å². The molecule has 1 N–H and O–H groups in total. The minimum Gasteiger partial charge on any atom is -0.338 e. The molecule has 148 valence electrons. The van der Waals surface area contributed by atoms with Gasteiger partial charge >= 0.3 is 6.18 Å². The number of rotatable bonds is 4. The molecular formula is C21H21F3N2O2. The normalized spacial score (nSPS) is 17.1. The third-order valence-electron chi connectivity index (χ3n) is 4.94. The summed E-state index contributed by atoms with van der Waals surface area (Å²) < 4.78 is 38.6. The molecule has 0 aromatic heterocycles. The van der Waals surface area contributed by atoms with Gasteiger partial charge in [0.05, 0.1) is 11.5 Å². The van der Waals surface area contributed by atoms with E-state index >= 15 is 0 Å². The number of para-hydroxylation sites is 1. The van der Waals surface area contributed by atoms with E-state index in [1.54, 1.807) is 6.07 Å². The number of carbonyl (C=O) groups excluding carboxylic acids is 2. The van der Waals surface area contributed by atoms with Crippen LogP contribution in [0.4, 0.5) is 18.9 Å². The summed E-state index contributed by atoms with van der Waals surface area (Å²) >= 11 is 0. The first-order chi connectivity index (χ1) is 13.1. The van der Waals surface area contributed by atoms with Crippen LogP contribution in [0, 0.1) is 19.8 Å². The minimum absolute atomic E-state index is 0.0513. The van der Waals surface area contributed by atoms with Crippen molar-refractivity contribution in [1.82, 2.24) is 4.90 Å². The first-order valence-electron chi connectivity index (χ1n) is 8.96. The highest BCUT2D eigenvalue weighted by Crippen LogP contribution is 2.30. The maximum atomic E-state index is 12.9. The van der Waals surface area contributed by atoms with Crippen molar-refractivity contribution in [2.75, 3.05) is 11.9 Å². The molecule has 0 bridgehead atoms. The Morgan fingerprint density at radius 2 is 1.79 bits per heavy atom. The molecule has 1 aliphatic rings. The van der Waals surface area contributed by atoms with Crippen molar-refractivity contribution in [3.8, 4) is 0 Å². The zero-order chi connectivity index (χ0) is 20.5. The van der Waals surface area contributed by atoms with Gasteiger partial charge in [0.1, 0.15) is 0 Å². The van der Waals surface area contributed by atoms with Crippen molar-refractivity contribution >= 4 is 17.5 Å². The van der Waals surface area contributed by atoms with Gasteiger partial charge in [-0.2, -0.15) is 13.2 Å². The number of hydrogen-bond donors (Lipinski definition) is 1. The van der Waals surface area contributed by atoms with E-state index in [4.69, 9.17) is 0 Å². The lowest BCUT2D eigenvalue weighted by atomic mass is 10.1. The SMILES string of the molecule is Cc1cccc(C)c1NC(=O)C1CC(=O)N(Cc2cccc(C(F)(F)F)c2)C1. The Kier molecular flexibility index (Phi) is 5.45. The van der Waals surface area contributed by atoms with Crippen LogP contribution >= 0.6 is 0 Å². The molecule has 3 rings (SSSR count). The van der Waals surface area contributed by atoms with E-state index in [2.05, 4.69) is 5.32 Å². The highest BCUT2D eigenvalue weighted by molar-refractivity contribution is 5.98. The highest BCUT2D eigenvalue weighted by atomic mass is 19.4. The second-order valence-electron chi connectivity index (χ2n) is 7.13. The fraction of sp³-hybridized carbons (Fsp3) is 0.333. The molecule has 2 aromatic rings. The maximum Gasteiger partial charge on any atom is 0.416 e. The van der Waals surface area contributed by atoms with Crippen molar-refractivity contribution < 1.29 is 22.8 Å². The molecule has 0 saturated carbocycles. The maximum absolute atomic E-state index is 12.9. The number of anilines is 1. The molecule has 1 unspecified atom stereocenters. The summed E-state index contributed by atoms with van der Waals surface area (Å²) in [5.74, 6) is -1.02. The van der Waals surface area contributed by atoms with Crippen molar-refractivity contribution in [2.24, 2.45) is 5.92 Å². The molecule has 4 nitrogen and oxygen atoms in total. The van der Waals surface area contributed by atoms with Crippen LogP contribution in [0.25, 0.3) is 0 Å². The van der Waals surface area contributed by atoms with Crippen molar-refractivity contribution in [3.63, 3.8) is 0 Å². The summed E-state index contributed by atoms with van der Waals surface area (Å²) in [7, 11) is 0. The highest BCUT2D eigenvalue weighted by Gasteiger charge is 2.35. The third-order valence-corrected chi connectivity index (χ3v) is 4.94. The number of benzene rings is 2. The summed E-state index contributed by atoms with van der Waals surface area (Å²) in [6.07, 6.45) is -4.38. The number of hydrogen-bond acceptors (Lipinski definition) is 2. The molecule has 1 saturated heterocycles. The van der Waals surface area contributed by atoms with Gasteiger partial charge in [0.15, 0.2) is 0 Å². The van der Waals surface area contributed by atoms with Crippen LogP contribution in [-0.4, -0.2) is 23.3 Å². The second kappa shape index (κ2) is 7.66. The van der Waals surface area contributed by atoms with Crippen LogP contribution in [0.3, 0.4) is 0 Å². The molecule has 28 heavy (non-hydrogen) atoms. The summed E-state index contributed by atoms with van der Waals surface area (Å²) in [6, 6.07) is 10.6. The number of nitrogens with one attached hydrogen (secondary N) is 1. The number of aryl methyl sites for hydroxylation is 2. The lowest BCUT2D eigenvalue weighted by Gasteiger charge is -2.18. The lowest BCUT2D eigenvalue weighted by molar-refractivity contribution is -0.137. The van der Waals surface area contributed by atoms with Gasteiger partial charge in [0.2, 0.25) is 11.8 Å². The van der Waals surface area contributed by atoms with E-state index in [0.717, 1.165) is 28.9 Å². The molecule has 7 heteroatoms. The third kappa shape index (κ3) is 4.35. The number of carbonyl (C=O) groups is 2. The summed E-state index contributed by atoms with van der Waals surface area (Å²) in [5, 5.41) is 2.89. The van der Waals surface area contributed by atoms with Gasteiger partial charge < -0.3 is 10.2 Å². The molecule has 1 atom stereocenters. The zero-order valence-electron chi connectivity index (χ0n) is 15.6. The fourth-order valence-corrected chi connectivity index (χ4v) is 3.40. The average Bonchev–Trinajstić information content (AvgIpc) is 2.98. The fourth-order valence-electron chi connectivity index (χ4n) is 3.40. The smallest absolute Gasteiger partial charge is 0.338 e. The van der Waals surface area contributed by atoms with Crippen molar-refractivity contribution in [1.29, 1.82) is 0 Å². The number of likely N-dealkylation sites (tertiary alicyclic amines) is 1. The molecule has 2 amide bonds. The van der Waals surface area contributed by atoms with E-state index in [0.29, 0.717) is 5.56 Å². The second-order valence-corrected chi connectivity index (χ2v) is 7.13. The number of halogens is 3. The Bertz CT molecular complexity index is 889. The molecule has 2 aromatic carbocycles. The van der Waals surface area contributed by atoms with Crippen LogP contribution in [0.2, 0.25) is 0 Å². The van der Waals surface area contributed by atoms with Crippen molar-refractivity contribution in [2.45, 2.75) is 33.0 Å². The molecule has 0 radical (unpaired) electrons. The van der Waals surface area contributed by atoms with E-state index in [-0.39, 0.29) is 31.3 Å². The summed E-state index contributed by atoms with van der Waals surface area (Å²) in [4.78, 5) is 26.3. The van der Waals surface area contributed by atoms with Gasteiger partial charge in [0.25, 0.3) is 0 Å². The van der Waals surface area contributed by atoms with Gasteiger partial charge in [-0.3, -0.25) is 9.59 Å². The summed E-state index contributed by atoms with van der Waals surface area (Å²) in [6.45, 7) is 4.02. The molecular weight excluding hydrogens is 369 g/mol. The molecule has 1 fully saturated rings. The predicted molar refractivity (Wildman–Crippen MR) is 99.5 cm³/mol. The van der Waals surface area contributed by atoms with Crippen LogP contribution in [0.1, 0.15) is 28.7 Å². The van der Waals surface area contributed by atoms with E-state index in [9.17, 15) is 22.8 Å². The Morgan fingerprint density at radius 3 is 2.43 bits per heavy atom. The van der Waals surface area contributed by atoms with Gasteiger partial charge in [-0.15, -0.1) is 0 Å². The largest absolute Gasteiger partial charge is 0.416 e. The van der Waals surface area contributed by atoms with E-state index < -0.39 is 17.7 Å². The zero-order valence-corrected chi connectivity index (χ0v) is 15.6. The molecule has 0 aliphatic carbocycles. The van der Waals surface area contributed by atoms with E-state index in [1.807, 2.05) is 32.0 Å². The number of alkyl halides is 3. The number of amides is 2. The minimum atomic E-state index is -4.43. The Hall–Kier alpha value is -2.83. The Balaban J connectivity index is 1.68. The summed E-state index contributed by atoms with van der Waals surface area (Å²) in [5.41, 5.74) is 2.23. The van der Waals surface area contributed by atoms with Gasteiger partial charge in [-0.25, -0.2) is 0 Å². The van der Waals surface area contributed by atoms with Crippen molar-refractivity contribution in [3.05, 3.63) is 64.7 Å². The monoisotopic (exact) mass is 390 g/mol. The van der Waals surface area contributed by atoms with Crippen LogP contribution < -0.4 is 5.32 Å². The first-order valence-corrected chi connectivity index (χ1v) is 8.96.